The van der Waals surface area contributed by atoms with E-state index in [1.54, 1.807) is 16.0 Å². The number of alkyl halides is 1. The quantitative estimate of drug-likeness (QED) is 0.753. The molecule has 29 heavy (non-hydrogen) atoms. The lowest BCUT2D eigenvalue weighted by atomic mass is 9.93. The number of fused-ring (bicyclic) bond motifs is 1. The van der Waals surface area contributed by atoms with Gasteiger partial charge in [-0.25, -0.2) is 18.7 Å². The van der Waals surface area contributed by atoms with Crippen molar-refractivity contribution in [2.75, 3.05) is 31.1 Å². The molecule has 4 heterocycles. The Balaban J connectivity index is 1.46. The van der Waals surface area contributed by atoms with E-state index in [-0.39, 0.29) is 31.6 Å². The summed E-state index contributed by atoms with van der Waals surface area (Å²) in [5.41, 5.74) is 0.940. The van der Waals surface area contributed by atoms with Crippen molar-refractivity contribution >= 4 is 11.9 Å². The molecule has 0 spiro atoms. The summed E-state index contributed by atoms with van der Waals surface area (Å²) in [6.45, 7) is 1.08. The predicted molar refractivity (Wildman–Crippen MR) is 97.1 cm³/mol. The van der Waals surface area contributed by atoms with Crippen LogP contribution in [-0.4, -0.2) is 58.2 Å². The minimum Gasteiger partial charge on any atom is -0.490 e. The summed E-state index contributed by atoms with van der Waals surface area (Å²) in [5.74, 6) is -0.977. The van der Waals surface area contributed by atoms with Gasteiger partial charge in [0.15, 0.2) is 5.82 Å². The lowest BCUT2D eigenvalue weighted by molar-refractivity contribution is -0.139. The molecule has 1 amide bonds. The summed E-state index contributed by atoms with van der Waals surface area (Å²) >= 11 is 0. The van der Waals surface area contributed by atoms with Crippen LogP contribution in [0.4, 0.5) is 14.7 Å². The fraction of sp³-hybridized carbons (Fsp3) is 0.421. The van der Waals surface area contributed by atoms with Gasteiger partial charge in [0, 0.05) is 24.5 Å². The van der Waals surface area contributed by atoms with Crippen molar-refractivity contribution < 1.29 is 18.3 Å². The molecule has 0 aromatic carbocycles. The van der Waals surface area contributed by atoms with E-state index in [0.29, 0.717) is 36.4 Å². The number of carbonyl (C=O) groups is 1. The Morgan fingerprint density at radius 2 is 2.03 bits per heavy atom. The van der Waals surface area contributed by atoms with E-state index in [4.69, 9.17) is 4.74 Å². The SMILES string of the molecule is N#Cc1cncc2c1OCCN(C(=O)C1CCN(c3ncc(F)cn3)C[C@@H]1F)C2. The number of aromatic nitrogens is 3. The number of hydrogen-bond donors (Lipinski definition) is 0. The smallest absolute Gasteiger partial charge is 0.229 e. The normalized spacial score (nSPS) is 21.6. The van der Waals surface area contributed by atoms with Crippen LogP contribution >= 0.6 is 0 Å². The minimum atomic E-state index is -1.41. The molecule has 2 atom stereocenters. The Kier molecular flexibility index (Phi) is 5.20. The molecular formula is C19H18F2N6O2. The number of pyridine rings is 1. The average molecular weight is 400 g/mol. The number of nitriles is 1. The molecule has 2 aromatic rings. The third-order valence-corrected chi connectivity index (χ3v) is 5.12. The van der Waals surface area contributed by atoms with Crippen LogP contribution in [-0.2, 0) is 11.3 Å². The number of ether oxygens (including phenoxy) is 1. The lowest BCUT2D eigenvalue weighted by Gasteiger charge is -2.36. The lowest BCUT2D eigenvalue weighted by Crippen LogP contribution is -2.49. The van der Waals surface area contributed by atoms with Gasteiger partial charge in [0.1, 0.15) is 30.2 Å². The molecule has 1 fully saturated rings. The van der Waals surface area contributed by atoms with Gasteiger partial charge in [-0.3, -0.25) is 9.78 Å². The molecule has 0 N–H and O–H groups in total. The van der Waals surface area contributed by atoms with Crippen LogP contribution in [0, 0.1) is 23.1 Å². The Morgan fingerprint density at radius 3 is 2.76 bits per heavy atom. The molecular weight excluding hydrogens is 382 g/mol. The van der Waals surface area contributed by atoms with Crippen LogP contribution in [0.3, 0.4) is 0 Å². The Hall–Kier alpha value is -3.35. The molecule has 0 saturated carbocycles. The van der Waals surface area contributed by atoms with Gasteiger partial charge in [-0.05, 0) is 6.42 Å². The topological polar surface area (TPSA) is 95.2 Å². The standard InChI is InChI=1S/C19H18F2N6O2/c20-14-8-24-19(25-9-14)27-2-1-15(16(21)11-27)18(28)26-3-4-29-17-12(5-22)6-23-7-13(17)10-26/h6-9,15-16H,1-4,10-11H2/t15?,16-/m0/s1. The Labute approximate surface area is 165 Å². The fourth-order valence-corrected chi connectivity index (χ4v) is 3.65. The van der Waals surface area contributed by atoms with Gasteiger partial charge in [-0.2, -0.15) is 5.26 Å². The number of rotatable bonds is 2. The summed E-state index contributed by atoms with van der Waals surface area (Å²) in [4.78, 5) is 27.9. The molecule has 4 rings (SSSR count). The van der Waals surface area contributed by atoms with Gasteiger partial charge in [0.05, 0.1) is 37.9 Å². The fourth-order valence-electron chi connectivity index (χ4n) is 3.65. The highest BCUT2D eigenvalue weighted by atomic mass is 19.1. The minimum absolute atomic E-state index is 0.0386. The molecule has 1 saturated heterocycles. The number of piperidine rings is 1. The van der Waals surface area contributed by atoms with E-state index >= 15 is 0 Å². The molecule has 0 aliphatic carbocycles. The molecule has 8 nitrogen and oxygen atoms in total. The highest BCUT2D eigenvalue weighted by Crippen LogP contribution is 2.29. The zero-order chi connectivity index (χ0) is 20.4. The third-order valence-electron chi connectivity index (χ3n) is 5.12. The monoisotopic (exact) mass is 400 g/mol. The maximum absolute atomic E-state index is 14.9. The summed E-state index contributed by atoms with van der Waals surface area (Å²) in [7, 11) is 0. The highest BCUT2D eigenvalue weighted by Gasteiger charge is 2.38. The van der Waals surface area contributed by atoms with Crippen molar-refractivity contribution in [1.29, 1.82) is 5.26 Å². The number of nitrogens with zero attached hydrogens (tertiary/aromatic N) is 6. The van der Waals surface area contributed by atoms with Gasteiger partial charge >= 0.3 is 0 Å². The summed E-state index contributed by atoms with van der Waals surface area (Å²) in [6, 6.07) is 2.03. The average Bonchev–Trinajstić information content (AvgIpc) is 2.96. The largest absolute Gasteiger partial charge is 0.490 e. The molecule has 2 aliphatic heterocycles. The molecule has 150 valence electrons. The van der Waals surface area contributed by atoms with Crippen LogP contribution < -0.4 is 9.64 Å². The molecule has 1 unspecified atom stereocenters. The van der Waals surface area contributed by atoms with Crippen LogP contribution in [0.2, 0.25) is 0 Å². The first kappa shape index (κ1) is 19.0. The van der Waals surface area contributed by atoms with Crippen molar-refractivity contribution in [3.63, 3.8) is 0 Å². The molecule has 2 aliphatic rings. The van der Waals surface area contributed by atoms with E-state index in [1.165, 1.54) is 6.20 Å². The Bertz CT molecular complexity index is 949. The van der Waals surface area contributed by atoms with Gasteiger partial charge in [0.25, 0.3) is 0 Å². The first-order valence-electron chi connectivity index (χ1n) is 9.22. The Morgan fingerprint density at radius 1 is 1.24 bits per heavy atom. The molecule has 0 bridgehead atoms. The zero-order valence-corrected chi connectivity index (χ0v) is 15.5. The van der Waals surface area contributed by atoms with Gasteiger partial charge < -0.3 is 14.5 Å². The van der Waals surface area contributed by atoms with Gasteiger partial charge in [0.2, 0.25) is 11.9 Å². The van der Waals surface area contributed by atoms with E-state index in [0.717, 1.165) is 12.4 Å². The molecule has 0 radical (unpaired) electrons. The second-order valence-electron chi connectivity index (χ2n) is 6.95. The highest BCUT2D eigenvalue weighted by molar-refractivity contribution is 5.80. The second kappa shape index (κ2) is 7.95. The number of anilines is 1. The van der Waals surface area contributed by atoms with Crippen LogP contribution in [0.1, 0.15) is 17.5 Å². The van der Waals surface area contributed by atoms with Crippen molar-refractivity contribution in [3.8, 4) is 11.8 Å². The summed E-state index contributed by atoms with van der Waals surface area (Å²) < 4.78 is 33.5. The van der Waals surface area contributed by atoms with E-state index in [1.807, 2.05) is 6.07 Å². The molecule has 10 heteroatoms. The summed E-state index contributed by atoms with van der Waals surface area (Å²) in [6.07, 6.45) is 3.93. The van der Waals surface area contributed by atoms with Crippen molar-refractivity contribution in [1.82, 2.24) is 19.9 Å². The van der Waals surface area contributed by atoms with E-state index in [2.05, 4.69) is 15.0 Å². The van der Waals surface area contributed by atoms with Gasteiger partial charge in [-0.15, -0.1) is 0 Å². The predicted octanol–water partition coefficient (Wildman–Crippen LogP) is 1.47. The van der Waals surface area contributed by atoms with Crippen LogP contribution in [0.15, 0.2) is 24.8 Å². The van der Waals surface area contributed by atoms with Crippen LogP contribution in [0.5, 0.6) is 5.75 Å². The maximum Gasteiger partial charge on any atom is 0.229 e. The first-order valence-corrected chi connectivity index (χ1v) is 9.22. The first-order chi connectivity index (χ1) is 14.1. The van der Waals surface area contributed by atoms with Crippen LogP contribution in [0.25, 0.3) is 0 Å². The summed E-state index contributed by atoms with van der Waals surface area (Å²) in [5, 5.41) is 9.20. The van der Waals surface area contributed by atoms with E-state index < -0.39 is 17.9 Å². The van der Waals surface area contributed by atoms with Crippen molar-refractivity contribution in [2.24, 2.45) is 5.92 Å². The maximum atomic E-state index is 14.9. The molecule has 2 aromatic heterocycles. The number of amides is 1. The number of carbonyl (C=O) groups excluding carboxylic acids is 1. The van der Waals surface area contributed by atoms with Gasteiger partial charge in [-0.1, -0.05) is 0 Å². The third kappa shape index (κ3) is 3.81. The van der Waals surface area contributed by atoms with E-state index in [9.17, 15) is 18.8 Å². The zero-order valence-electron chi connectivity index (χ0n) is 15.5. The number of hydrogen-bond acceptors (Lipinski definition) is 7. The number of halogens is 2. The van der Waals surface area contributed by atoms with Crippen molar-refractivity contribution in [2.45, 2.75) is 19.1 Å². The second-order valence-corrected chi connectivity index (χ2v) is 6.95. The van der Waals surface area contributed by atoms with Crippen molar-refractivity contribution in [3.05, 3.63) is 41.7 Å².